The van der Waals surface area contributed by atoms with Gasteiger partial charge >= 0.3 is 0 Å². The highest BCUT2D eigenvalue weighted by molar-refractivity contribution is 6.30. The average Bonchev–Trinajstić information content (AvgIpc) is 2.53. The van der Waals surface area contributed by atoms with E-state index in [0.29, 0.717) is 6.54 Å². The monoisotopic (exact) mass is 346 g/mol. The highest BCUT2D eigenvalue weighted by Crippen LogP contribution is 2.22. The van der Waals surface area contributed by atoms with Gasteiger partial charge in [0.15, 0.2) is 0 Å². The van der Waals surface area contributed by atoms with Gasteiger partial charge in [-0.1, -0.05) is 23.7 Å². The summed E-state index contributed by atoms with van der Waals surface area (Å²) >= 11 is 5.86. The third kappa shape index (κ3) is 5.13. The second-order valence-corrected chi connectivity index (χ2v) is 5.87. The lowest BCUT2D eigenvalue weighted by atomic mass is 9.91. The molecule has 1 aliphatic heterocycles. The van der Waals surface area contributed by atoms with Gasteiger partial charge in [0.05, 0.1) is 0 Å². The van der Waals surface area contributed by atoms with Crippen LogP contribution in [0.3, 0.4) is 0 Å². The highest BCUT2D eigenvalue weighted by atomic mass is 35.5. The van der Waals surface area contributed by atoms with Crippen molar-refractivity contribution in [2.24, 2.45) is 0 Å². The van der Waals surface area contributed by atoms with Crippen molar-refractivity contribution in [2.45, 2.75) is 31.3 Å². The average molecular weight is 347 g/mol. The van der Waals surface area contributed by atoms with E-state index in [0.717, 1.165) is 43.8 Å². The summed E-state index contributed by atoms with van der Waals surface area (Å²) in [5.41, 5.74) is 0.586. The van der Waals surface area contributed by atoms with Crippen molar-refractivity contribution in [3.8, 4) is 0 Å². The molecule has 1 saturated heterocycles. The Morgan fingerprint density at radius 1 is 1.32 bits per heavy atom. The van der Waals surface area contributed by atoms with Gasteiger partial charge in [-0.25, -0.2) is 0 Å². The zero-order valence-corrected chi connectivity index (χ0v) is 14.4. The summed E-state index contributed by atoms with van der Waals surface area (Å²) in [7, 11) is 1.62. The normalized spacial score (nSPS) is 16.6. The van der Waals surface area contributed by atoms with Crippen LogP contribution in [0.4, 0.5) is 0 Å². The summed E-state index contributed by atoms with van der Waals surface area (Å²) in [6, 6.07) is 7.83. The van der Waals surface area contributed by atoms with Gasteiger partial charge in [0.1, 0.15) is 5.60 Å². The molecular weight excluding hydrogens is 323 g/mol. The lowest BCUT2D eigenvalue weighted by molar-refractivity contribution is -0.146. The number of hydrogen-bond donors (Lipinski definition) is 2. The number of carbonyl (C=O) groups excluding carboxylic acids is 1. The summed E-state index contributed by atoms with van der Waals surface area (Å²) in [5.74, 6) is 0.0163. The van der Waals surface area contributed by atoms with Gasteiger partial charge in [0.25, 0.3) is 5.91 Å². The maximum absolute atomic E-state index is 12.3. The number of amides is 1. The van der Waals surface area contributed by atoms with E-state index in [1.807, 2.05) is 24.3 Å². The van der Waals surface area contributed by atoms with Crippen molar-refractivity contribution in [2.75, 3.05) is 26.7 Å². The first-order valence-corrected chi connectivity index (χ1v) is 7.83. The molecular formula is C16H24Cl2N2O2. The Labute approximate surface area is 143 Å². The number of benzene rings is 1. The van der Waals surface area contributed by atoms with Gasteiger partial charge in [-0.05, 0) is 56.5 Å². The number of piperidine rings is 1. The SMILES string of the molecule is COC1(C(=O)NCCCc2ccc(Cl)cc2)CCNCC1.Cl. The Kier molecular flexibility index (Phi) is 8.18. The Morgan fingerprint density at radius 2 is 1.95 bits per heavy atom. The molecule has 2 N–H and O–H groups in total. The third-order valence-electron chi connectivity index (χ3n) is 4.06. The van der Waals surface area contributed by atoms with Crippen LogP contribution in [0.2, 0.25) is 5.02 Å². The molecule has 1 aliphatic rings. The highest BCUT2D eigenvalue weighted by Gasteiger charge is 2.39. The fourth-order valence-electron chi connectivity index (χ4n) is 2.66. The lowest BCUT2D eigenvalue weighted by Gasteiger charge is -2.34. The predicted molar refractivity (Wildman–Crippen MR) is 91.9 cm³/mol. The molecule has 6 heteroatoms. The van der Waals surface area contributed by atoms with E-state index >= 15 is 0 Å². The van der Waals surface area contributed by atoms with Crippen LogP contribution in [0.15, 0.2) is 24.3 Å². The van der Waals surface area contributed by atoms with Crippen molar-refractivity contribution in [1.29, 1.82) is 0 Å². The fraction of sp³-hybridized carbons (Fsp3) is 0.562. The largest absolute Gasteiger partial charge is 0.368 e. The molecule has 0 radical (unpaired) electrons. The standard InChI is InChI=1S/C16H23ClN2O2.ClH/c1-21-16(8-11-18-12-9-16)15(20)19-10-2-3-13-4-6-14(17)7-5-13;/h4-7,18H,2-3,8-12H2,1H3,(H,19,20);1H. The van der Waals surface area contributed by atoms with Crippen LogP contribution in [0, 0.1) is 0 Å². The molecule has 0 aliphatic carbocycles. The molecule has 0 bridgehead atoms. The summed E-state index contributed by atoms with van der Waals surface area (Å²) in [6.45, 7) is 2.32. The number of hydrogen-bond acceptors (Lipinski definition) is 3. The van der Waals surface area contributed by atoms with Crippen LogP contribution in [-0.2, 0) is 16.0 Å². The topological polar surface area (TPSA) is 50.4 Å². The molecule has 0 saturated carbocycles. The first-order chi connectivity index (χ1) is 10.2. The van der Waals surface area contributed by atoms with Gasteiger partial charge in [-0.15, -0.1) is 12.4 Å². The zero-order valence-electron chi connectivity index (χ0n) is 12.9. The van der Waals surface area contributed by atoms with E-state index < -0.39 is 5.60 Å². The van der Waals surface area contributed by atoms with Crippen molar-refractivity contribution in [3.05, 3.63) is 34.9 Å². The molecule has 0 atom stereocenters. The fourth-order valence-corrected chi connectivity index (χ4v) is 2.79. The van der Waals surface area contributed by atoms with Gasteiger partial charge in [-0.2, -0.15) is 0 Å². The third-order valence-corrected chi connectivity index (χ3v) is 4.31. The van der Waals surface area contributed by atoms with Crippen molar-refractivity contribution in [3.63, 3.8) is 0 Å². The summed E-state index contributed by atoms with van der Waals surface area (Å²) in [5, 5.41) is 7.01. The molecule has 1 fully saturated rings. The number of nitrogens with one attached hydrogen (secondary N) is 2. The second-order valence-electron chi connectivity index (χ2n) is 5.43. The molecule has 0 unspecified atom stereocenters. The van der Waals surface area contributed by atoms with E-state index in [9.17, 15) is 4.79 Å². The molecule has 1 aromatic rings. The number of aryl methyl sites for hydroxylation is 1. The molecule has 1 amide bonds. The Bertz CT molecular complexity index is 460. The molecule has 1 aromatic carbocycles. The second kappa shape index (κ2) is 9.36. The Balaban J connectivity index is 0.00000242. The van der Waals surface area contributed by atoms with E-state index in [-0.39, 0.29) is 18.3 Å². The van der Waals surface area contributed by atoms with Crippen LogP contribution in [0.25, 0.3) is 0 Å². The predicted octanol–water partition coefficient (Wildman–Crippen LogP) is 2.58. The molecule has 0 aromatic heterocycles. The molecule has 124 valence electrons. The van der Waals surface area contributed by atoms with Gasteiger partial charge < -0.3 is 15.4 Å². The Morgan fingerprint density at radius 3 is 2.55 bits per heavy atom. The first kappa shape index (κ1) is 19.2. The summed E-state index contributed by atoms with van der Waals surface area (Å²) in [4.78, 5) is 12.3. The lowest BCUT2D eigenvalue weighted by Crippen LogP contribution is -2.54. The van der Waals surface area contributed by atoms with Crippen molar-refractivity contribution in [1.82, 2.24) is 10.6 Å². The summed E-state index contributed by atoms with van der Waals surface area (Å²) in [6.07, 6.45) is 3.30. The molecule has 0 spiro atoms. The van der Waals surface area contributed by atoms with Crippen LogP contribution >= 0.6 is 24.0 Å². The van der Waals surface area contributed by atoms with Crippen LogP contribution in [0.5, 0.6) is 0 Å². The minimum Gasteiger partial charge on any atom is -0.368 e. The van der Waals surface area contributed by atoms with Gasteiger partial charge in [0.2, 0.25) is 0 Å². The van der Waals surface area contributed by atoms with E-state index in [1.165, 1.54) is 5.56 Å². The smallest absolute Gasteiger partial charge is 0.252 e. The minimum absolute atomic E-state index is 0. The minimum atomic E-state index is -0.647. The van der Waals surface area contributed by atoms with Crippen molar-refractivity contribution < 1.29 is 9.53 Å². The molecule has 4 nitrogen and oxygen atoms in total. The number of rotatable bonds is 6. The quantitative estimate of drug-likeness (QED) is 0.778. The van der Waals surface area contributed by atoms with Crippen molar-refractivity contribution >= 4 is 29.9 Å². The van der Waals surface area contributed by atoms with Gasteiger partial charge in [0, 0.05) is 18.7 Å². The molecule has 2 rings (SSSR count). The summed E-state index contributed by atoms with van der Waals surface area (Å²) < 4.78 is 5.50. The number of ether oxygens (including phenoxy) is 1. The number of halogens is 2. The zero-order chi connectivity index (χ0) is 15.1. The van der Waals surface area contributed by atoms with Crippen LogP contribution < -0.4 is 10.6 Å². The van der Waals surface area contributed by atoms with Crippen LogP contribution in [-0.4, -0.2) is 38.3 Å². The van der Waals surface area contributed by atoms with Crippen LogP contribution in [0.1, 0.15) is 24.8 Å². The first-order valence-electron chi connectivity index (χ1n) is 7.45. The molecule has 22 heavy (non-hydrogen) atoms. The van der Waals surface area contributed by atoms with E-state index in [4.69, 9.17) is 16.3 Å². The number of methoxy groups -OCH3 is 1. The molecule has 1 heterocycles. The number of carbonyl (C=O) groups is 1. The van der Waals surface area contributed by atoms with Gasteiger partial charge in [-0.3, -0.25) is 4.79 Å². The maximum Gasteiger partial charge on any atom is 0.252 e. The Hall–Kier alpha value is -0.810. The van der Waals surface area contributed by atoms with E-state index in [2.05, 4.69) is 10.6 Å². The maximum atomic E-state index is 12.3. The van der Waals surface area contributed by atoms with E-state index in [1.54, 1.807) is 7.11 Å².